The molecule has 2 N–H and O–H groups in total. The van der Waals surface area contributed by atoms with E-state index in [2.05, 4.69) is 20.6 Å². The summed E-state index contributed by atoms with van der Waals surface area (Å²) in [6.45, 7) is 4.33. The van der Waals surface area contributed by atoms with Crippen LogP contribution in [0.5, 0.6) is 0 Å². The second-order valence-corrected chi connectivity index (χ2v) is 5.33. The number of aromatic nitrogens is 2. The van der Waals surface area contributed by atoms with E-state index in [1.165, 1.54) is 5.56 Å². The van der Waals surface area contributed by atoms with Crippen molar-refractivity contribution in [1.29, 1.82) is 0 Å². The van der Waals surface area contributed by atoms with E-state index in [0.29, 0.717) is 5.82 Å². The van der Waals surface area contributed by atoms with E-state index in [0.717, 1.165) is 17.1 Å². The van der Waals surface area contributed by atoms with E-state index in [1.54, 1.807) is 6.20 Å². The van der Waals surface area contributed by atoms with Gasteiger partial charge in [0.25, 0.3) is 0 Å². The molecule has 0 radical (unpaired) electrons. The molecule has 0 saturated heterocycles. The molecule has 0 aliphatic carbocycles. The molecular formula is C16H21N5O. The molecule has 0 unspecified atom stereocenters. The molecule has 2 amide bonds. The minimum atomic E-state index is -0.276. The Morgan fingerprint density at radius 3 is 2.64 bits per heavy atom. The first-order valence-electron chi connectivity index (χ1n) is 7.07. The van der Waals surface area contributed by atoms with Gasteiger partial charge >= 0.3 is 6.03 Å². The average Bonchev–Trinajstić information content (AvgIpc) is 2.49. The van der Waals surface area contributed by atoms with Gasteiger partial charge in [-0.15, -0.1) is 0 Å². The van der Waals surface area contributed by atoms with Crippen molar-refractivity contribution in [3.63, 3.8) is 0 Å². The van der Waals surface area contributed by atoms with Crippen molar-refractivity contribution >= 4 is 17.5 Å². The molecule has 0 bridgehead atoms. The second-order valence-electron chi connectivity index (χ2n) is 5.33. The van der Waals surface area contributed by atoms with Crippen LogP contribution in [0, 0.1) is 13.8 Å². The molecule has 6 nitrogen and oxygen atoms in total. The molecule has 116 valence electrons. The van der Waals surface area contributed by atoms with Gasteiger partial charge in [-0.25, -0.2) is 14.8 Å². The van der Waals surface area contributed by atoms with E-state index in [4.69, 9.17) is 0 Å². The lowest BCUT2D eigenvalue weighted by molar-refractivity contribution is 0.251. The number of hydrogen-bond donors (Lipinski definition) is 2. The van der Waals surface area contributed by atoms with Crippen LogP contribution >= 0.6 is 0 Å². The fraction of sp³-hybridized carbons (Fsp3) is 0.312. The van der Waals surface area contributed by atoms with Crippen LogP contribution in [0.3, 0.4) is 0 Å². The van der Waals surface area contributed by atoms with Crippen LogP contribution < -0.4 is 15.5 Å². The van der Waals surface area contributed by atoms with Crippen molar-refractivity contribution < 1.29 is 4.79 Å². The Labute approximate surface area is 130 Å². The van der Waals surface area contributed by atoms with Gasteiger partial charge in [0, 0.05) is 26.0 Å². The van der Waals surface area contributed by atoms with Crippen LogP contribution in [-0.4, -0.2) is 30.1 Å². The van der Waals surface area contributed by atoms with Gasteiger partial charge < -0.3 is 15.5 Å². The maximum absolute atomic E-state index is 11.9. The van der Waals surface area contributed by atoms with Crippen molar-refractivity contribution in [3.8, 4) is 0 Å². The summed E-state index contributed by atoms with van der Waals surface area (Å²) in [5.74, 6) is 1.38. The standard InChI is InChI=1S/C16H21N5O/c1-11-5-6-13(9-12(11)2)19-16(22)18-10-14-17-8-7-15(20-14)21(3)4/h5-9H,10H2,1-4H3,(H2,18,19,22). The molecular weight excluding hydrogens is 278 g/mol. The monoisotopic (exact) mass is 299 g/mol. The number of anilines is 2. The molecule has 1 aromatic heterocycles. The van der Waals surface area contributed by atoms with E-state index in [-0.39, 0.29) is 12.6 Å². The summed E-state index contributed by atoms with van der Waals surface area (Å²) in [6.07, 6.45) is 1.68. The predicted octanol–water partition coefficient (Wildman–Crippen LogP) is 2.48. The zero-order valence-corrected chi connectivity index (χ0v) is 13.3. The van der Waals surface area contributed by atoms with Crippen molar-refractivity contribution in [2.75, 3.05) is 24.3 Å². The highest BCUT2D eigenvalue weighted by molar-refractivity contribution is 5.89. The van der Waals surface area contributed by atoms with E-state index in [1.807, 2.05) is 57.1 Å². The number of carbonyl (C=O) groups excluding carboxylic acids is 1. The zero-order chi connectivity index (χ0) is 16.1. The molecule has 6 heteroatoms. The SMILES string of the molecule is Cc1ccc(NC(=O)NCc2nccc(N(C)C)n2)cc1C. The molecule has 1 heterocycles. The van der Waals surface area contributed by atoms with E-state index < -0.39 is 0 Å². The summed E-state index contributed by atoms with van der Waals surface area (Å²) in [7, 11) is 3.82. The second kappa shape index (κ2) is 6.89. The van der Waals surface area contributed by atoms with Crippen LogP contribution in [0.15, 0.2) is 30.5 Å². The van der Waals surface area contributed by atoms with Gasteiger partial charge in [-0.2, -0.15) is 0 Å². The van der Waals surface area contributed by atoms with Crippen molar-refractivity contribution in [1.82, 2.24) is 15.3 Å². The van der Waals surface area contributed by atoms with Gasteiger partial charge in [-0.05, 0) is 43.2 Å². The largest absolute Gasteiger partial charge is 0.363 e. The Balaban J connectivity index is 1.92. The first kappa shape index (κ1) is 15.8. The minimum absolute atomic E-state index is 0.276. The number of urea groups is 1. The van der Waals surface area contributed by atoms with Crippen LogP contribution in [0.4, 0.5) is 16.3 Å². The van der Waals surface area contributed by atoms with Gasteiger partial charge in [0.05, 0.1) is 6.54 Å². The maximum atomic E-state index is 11.9. The normalized spacial score (nSPS) is 10.2. The summed E-state index contributed by atoms with van der Waals surface area (Å²) in [5, 5.41) is 5.56. The lowest BCUT2D eigenvalue weighted by Crippen LogP contribution is -2.29. The molecule has 1 aromatic carbocycles. The highest BCUT2D eigenvalue weighted by Crippen LogP contribution is 2.13. The zero-order valence-electron chi connectivity index (χ0n) is 13.3. The van der Waals surface area contributed by atoms with Crippen LogP contribution in [0.2, 0.25) is 0 Å². The Morgan fingerprint density at radius 1 is 1.18 bits per heavy atom. The fourth-order valence-electron chi connectivity index (χ4n) is 1.88. The number of nitrogens with one attached hydrogen (secondary N) is 2. The molecule has 0 aliphatic heterocycles. The Bertz CT molecular complexity index is 669. The third kappa shape index (κ3) is 4.18. The van der Waals surface area contributed by atoms with Crippen molar-refractivity contribution in [3.05, 3.63) is 47.4 Å². The lowest BCUT2D eigenvalue weighted by atomic mass is 10.1. The average molecular weight is 299 g/mol. The van der Waals surface area contributed by atoms with Gasteiger partial charge in [0.15, 0.2) is 0 Å². The number of hydrogen-bond acceptors (Lipinski definition) is 4. The number of nitrogens with zero attached hydrogens (tertiary/aromatic N) is 3. The molecule has 0 saturated carbocycles. The van der Waals surface area contributed by atoms with Gasteiger partial charge in [0.1, 0.15) is 11.6 Å². The highest BCUT2D eigenvalue weighted by Gasteiger charge is 2.05. The predicted molar refractivity (Wildman–Crippen MR) is 88.1 cm³/mol. The van der Waals surface area contributed by atoms with Gasteiger partial charge in [-0.3, -0.25) is 0 Å². The lowest BCUT2D eigenvalue weighted by Gasteiger charge is -2.12. The molecule has 22 heavy (non-hydrogen) atoms. The van der Waals surface area contributed by atoms with Crippen LogP contribution in [-0.2, 0) is 6.54 Å². The summed E-state index contributed by atoms with van der Waals surface area (Å²) in [6, 6.07) is 7.35. The number of carbonyl (C=O) groups is 1. The Kier molecular flexibility index (Phi) is 4.93. The number of benzene rings is 1. The molecule has 0 atom stereocenters. The van der Waals surface area contributed by atoms with Gasteiger partial charge in [-0.1, -0.05) is 6.07 Å². The number of rotatable bonds is 4. The van der Waals surface area contributed by atoms with E-state index in [9.17, 15) is 4.79 Å². The minimum Gasteiger partial charge on any atom is -0.363 e. The fourth-order valence-corrected chi connectivity index (χ4v) is 1.88. The molecule has 0 fully saturated rings. The highest BCUT2D eigenvalue weighted by atomic mass is 16.2. The summed E-state index contributed by atoms with van der Waals surface area (Å²) in [5.41, 5.74) is 3.10. The van der Waals surface area contributed by atoms with Crippen molar-refractivity contribution in [2.45, 2.75) is 20.4 Å². The summed E-state index contributed by atoms with van der Waals surface area (Å²) in [4.78, 5) is 22.3. The summed E-state index contributed by atoms with van der Waals surface area (Å²) < 4.78 is 0. The molecule has 2 rings (SSSR count). The quantitative estimate of drug-likeness (QED) is 0.910. The summed E-state index contributed by atoms with van der Waals surface area (Å²) >= 11 is 0. The van der Waals surface area contributed by atoms with Crippen LogP contribution in [0.25, 0.3) is 0 Å². The first-order valence-corrected chi connectivity index (χ1v) is 7.07. The first-order chi connectivity index (χ1) is 10.5. The topological polar surface area (TPSA) is 70.2 Å². The molecule has 0 aliphatic rings. The Morgan fingerprint density at radius 2 is 1.95 bits per heavy atom. The third-order valence-corrected chi connectivity index (χ3v) is 3.32. The molecule has 2 aromatic rings. The molecule has 0 spiro atoms. The number of amides is 2. The van der Waals surface area contributed by atoms with Crippen molar-refractivity contribution in [2.24, 2.45) is 0 Å². The maximum Gasteiger partial charge on any atom is 0.319 e. The van der Waals surface area contributed by atoms with Crippen LogP contribution in [0.1, 0.15) is 17.0 Å². The van der Waals surface area contributed by atoms with Gasteiger partial charge in [0.2, 0.25) is 0 Å². The number of aryl methyl sites for hydroxylation is 2. The van der Waals surface area contributed by atoms with E-state index >= 15 is 0 Å². The Hall–Kier alpha value is -2.63. The third-order valence-electron chi connectivity index (χ3n) is 3.32. The smallest absolute Gasteiger partial charge is 0.319 e.